The highest BCUT2D eigenvalue weighted by Crippen LogP contribution is 2.27. The van der Waals surface area contributed by atoms with Crippen molar-refractivity contribution in [1.29, 1.82) is 0 Å². The Hall–Kier alpha value is -4.13. The van der Waals surface area contributed by atoms with Gasteiger partial charge >= 0.3 is 0 Å². The Morgan fingerprint density at radius 2 is 1.68 bits per heavy atom. The second-order valence-corrected chi connectivity index (χ2v) is 9.65. The molecular formula is C30H24Cl2N4O2. The van der Waals surface area contributed by atoms with Crippen LogP contribution in [-0.4, -0.2) is 30.0 Å². The van der Waals surface area contributed by atoms with Crippen LogP contribution in [0.3, 0.4) is 0 Å². The Balaban J connectivity index is 1.57. The first-order valence-corrected chi connectivity index (χ1v) is 12.7. The summed E-state index contributed by atoms with van der Waals surface area (Å²) in [5, 5.41) is 6.05. The summed E-state index contributed by atoms with van der Waals surface area (Å²) in [6.45, 7) is 0.279. The highest BCUT2D eigenvalue weighted by molar-refractivity contribution is 6.42. The highest BCUT2D eigenvalue weighted by atomic mass is 35.5. The summed E-state index contributed by atoms with van der Waals surface area (Å²) in [7, 11) is 3.91. The molecule has 8 heteroatoms. The van der Waals surface area contributed by atoms with Gasteiger partial charge in [0.05, 0.1) is 27.2 Å². The van der Waals surface area contributed by atoms with E-state index in [1.54, 1.807) is 24.4 Å². The van der Waals surface area contributed by atoms with E-state index in [-0.39, 0.29) is 12.2 Å². The fourth-order valence-electron chi connectivity index (χ4n) is 3.95. The number of anilines is 1. The molecule has 1 aromatic heterocycles. The number of aromatic nitrogens is 2. The van der Waals surface area contributed by atoms with Gasteiger partial charge in [0.25, 0.3) is 5.56 Å². The van der Waals surface area contributed by atoms with Crippen LogP contribution in [0.25, 0.3) is 22.3 Å². The second kappa shape index (κ2) is 11.1. The van der Waals surface area contributed by atoms with E-state index in [1.807, 2.05) is 91.8 Å². The topological polar surface area (TPSA) is 59.7 Å². The quantitative estimate of drug-likeness (QED) is 0.210. The van der Waals surface area contributed by atoms with Crippen LogP contribution in [0.4, 0.5) is 5.69 Å². The zero-order valence-corrected chi connectivity index (χ0v) is 22.3. The Bertz CT molecular complexity index is 1700. The third-order valence-electron chi connectivity index (χ3n) is 5.99. The highest BCUT2D eigenvalue weighted by Gasteiger charge is 2.13. The number of hydrogen-bond acceptors (Lipinski definition) is 5. The Morgan fingerprint density at radius 1 is 0.921 bits per heavy atom. The zero-order valence-electron chi connectivity index (χ0n) is 20.8. The average molecular weight is 543 g/mol. The van der Waals surface area contributed by atoms with E-state index < -0.39 is 0 Å². The van der Waals surface area contributed by atoms with Crippen LogP contribution in [0.1, 0.15) is 11.1 Å². The van der Waals surface area contributed by atoms with Crippen LogP contribution in [-0.2, 0) is 6.61 Å². The molecule has 1 heterocycles. The number of halogens is 2. The maximum Gasteiger partial charge on any atom is 0.282 e. The van der Waals surface area contributed by atoms with Gasteiger partial charge in [0.15, 0.2) is 5.82 Å². The van der Waals surface area contributed by atoms with Crippen molar-refractivity contribution in [3.05, 3.63) is 123 Å². The molecule has 6 nitrogen and oxygen atoms in total. The lowest BCUT2D eigenvalue weighted by Crippen LogP contribution is -2.20. The van der Waals surface area contributed by atoms with Gasteiger partial charge in [0, 0.05) is 37.0 Å². The van der Waals surface area contributed by atoms with Crippen molar-refractivity contribution < 1.29 is 4.74 Å². The minimum absolute atomic E-state index is 0.256. The molecule has 0 saturated carbocycles. The molecule has 5 rings (SSSR count). The van der Waals surface area contributed by atoms with E-state index in [0.29, 0.717) is 38.1 Å². The fraction of sp³-hybridized carbons (Fsp3) is 0.100. The van der Waals surface area contributed by atoms with E-state index >= 15 is 0 Å². The van der Waals surface area contributed by atoms with E-state index in [9.17, 15) is 4.79 Å². The molecule has 0 atom stereocenters. The lowest BCUT2D eigenvalue weighted by Gasteiger charge is -2.16. The van der Waals surface area contributed by atoms with Crippen molar-refractivity contribution in [2.24, 2.45) is 5.10 Å². The number of rotatable bonds is 7. The number of ether oxygens (including phenoxy) is 1. The third-order valence-corrected chi connectivity index (χ3v) is 6.73. The molecular weight excluding hydrogens is 519 g/mol. The molecule has 0 aliphatic heterocycles. The van der Waals surface area contributed by atoms with E-state index in [1.165, 1.54) is 4.68 Å². The Morgan fingerprint density at radius 3 is 2.45 bits per heavy atom. The molecule has 0 saturated heterocycles. The van der Waals surface area contributed by atoms with Gasteiger partial charge in [-0.1, -0.05) is 71.7 Å². The molecule has 4 aromatic carbocycles. The number of nitrogens with zero attached hydrogens (tertiary/aromatic N) is 4. The number of fused-ring (bicyclic) bond motifs is 1. The van der Waals surface area contributed by atoms with Crippen LogP contribution < -0.4 is 15.2 Å². The standard InChI is InChI=1S/C30H24Cl2N4O2/c1-35(2)23-14-13-22(28(17-23)38-19-20-12-15-25(31)26(32)16-20)18-33-36-29(21-8-4-3-5-9-21)34-27-11-7-6-10-24(27)30(36)37/h3-18H,19H2,1-2H3. The normalized spacial score (nSPS) is 11.3. The van der Waals surface area contributed by atoms with Crippen molar-refractivity contribution in [2.75, 3.05) is 19.0 Å². The van der Waals surface area contributed by atoms with Crippen LogP contribution in [0, 0.1) is 0 Å². The number of benzene rings is 4. The summed E-state index contributed by atoms with van der Waals surface area (Å²) in [5.41, 5.74) is 3.68. The van der Waals surface area contributed by atoms with Gasteiger partial charge in [-0.15, -0.1) is 0 Å². The molecule has 38 heavy (non-hydrogen) atoms. The zero-order chi connectivity index (χ0) is 26.6. The van der Waals surface area contributed by atoms with Crippen molar-refractivity contribution in [3.8, 4) is 17.1 Å². The van der Waals surface area contributed by atoms with Gasteiger partial charge < -0.3 is 9.64 Å². The van der Waals surface area contributed by atoms with E-state index in [2.05, 4.69) is 5.10 Å². The molecule has 0 aliphatic rings. The molecule has 0 aliphatic carbocycles. The maximum absolute atomic E-state index is 13.5. The Labute approximate surface area is 230 Å². The largest absolute Gasteiger partial charge is 0.488 e. The predicted octanol–water partition coefficient (Wildman–Crippen LogP) is 6.90. The first kappa shape index (κ1) is 25.5. The van der Waals surface area contributed by atoms with Crippen LogP contribution >= 0.6 is 23.2 Å². The molecule has 5 aromatic rings. The van der Waals surface area contributed by atoms with E-state index in [4.69, 9.17) is 32.9 Å². The molecule has 0 N–H and O–H groups in total. The van der Waals surface area contributed by atoms with Gasteiger partial charge in [-0.3, -0.25) is 4.79 Å². The summed E-state index contributed by atoms with van der Waals surface area (Å²) >= 11 is 12.2. The average Bonchev–Trinajstić information content (AvgIpc) is 2.93. The van der Waals surface area contributed by atoms with Gasteiger partial charge in [-0.25, -0.2) is 4.98 Å². The number of hydrogen-bond donors (Lipinski definition) is 0. The van der Waals surface area contributed by atoms with E-state index in [0.717, 1.165) is 16.8 Å². The van der Waals surface area contributed by atoms with Crippen molar-refractivity contribution in [3.63, 3.8) is 0 Å². The molecule has 0 fully saturated rings. The second-order valence-electron chi connectivity index (χ2n) is 8.83. The molecule has 190 valence electrons. The SMILES string of the molecule is CN(C)c1ccc(C=Nn2c(-c3ccccc3)nc3ccccc3c2=O)c(OCc2ccc(Cl)c(Cl)c2)c1. The number of para-hydroxylation sites is 1. The minimum Gasteiger partial charge on any atom is -0.488 e. The third kappa shape index (κ3) is 5.42. The van der Waals surface area contributed by atoms with Gasteiger partial charge in [0.2, 0.25) is 0 Å². The van der Waals surface area contributed by atoms with Crippen LogP contribution in [0.5, 0.6) is 5.75 Å². The van der Waals surface area contributed by atoms with Gasteiger partial charge in [0.1, 0.15) is 12.4 Å². The van der Waals surface area contributed by atoms with Crippen molar-refractivity contribution >= 4 is 46.0 Å². The summed E-state index contributed by atoms with van der Waals surface area (Å²) < 4.78 is 7.52. The first-order valence-electron chi connectivity index (χ1n) is 11.9. The molecule has 0 amide bonds. The minimum atomic E-state index is -0.256. The van der Waals surface area contributed by atoms with Crippen molar-refractivity contribution in [1.82, 2.24) is 9.66 Å². The Kier molecular flexibility index (Phi) is 7.45. The molecule has 0 radical (unpaired) electrons. The summed E-state index contributed by atoms with van der Waals surface area (Å²) in [5.74, 6) is 1.06. The summed E-state index contributed by atoms with van der Waals surface area (Å²) in [4.78, 5) is 20.2. The fourth-order valence-corrected chi connectivity index (χ4v) is 4.27. The van der Waals surface area contributed by atoms with Gasteiger partial charge in [-0.05, 0) is 42.0 Å². The lowest BCUT2D eigenvalue weighted by molar-refractivity contribution is 0.306. The first-order chi connectivity index (χ1) is 18.4. The smallest absolute Gasteiger partial charge is 0.282 e. The lowest BCUT2D eigenvalue weighted by atomic mass is 10.1. The predicted molar refractivity (Wildman–Crippen MR) is 156 cm³/mol. The van der Waals surface area contributed by atoms with Crippen molar-refractivity contribution in [2.45, 2.75) is 6.61 Å². The van der Waals surface area contributed by atoms with Crippen LogP contribution in [0.15, 0.2) is 101 Å². The molecule has 0 unspecified atom stereocenters. The monoisotopic (exact) mass is 542 g/mol. The summed E-state index contributed by atoms with van der Waals surface area (Å²) in [6.07, 6.45) is 1.62. The molecule has 0 spiro atoms. The van der Waals surface area contributed by atoms with Gasteiger partial charge in [-0.2, -0.15) is 9.78 Å². The maximum atomic E-state index is 13.5. The summed E-state index contributed by atoms with van der Waals surface area (Å²) in [6, 6.07) is 28.0. The molecule has 0 bridgehead atoms. The van der Waals surface area contributed by atoms with Crippen LogP contribution in [0.2, 0.25) is 10.0 Å².